The molecule has 0 atom stereocenters. The van der Waals surface area contributed by atoms with Gasteiger partial charge in [0.25, 0.3) is 0 Å². The molecule has 0 saturated carbocycles. The number of rotatable bonds is 8. The summed E-state index contributed by atoms with van der Waals surface area (Å²) >= 11 is 4.80. The van der Waals surface area contributed by atoms with Crippen molar-refractivity contribution in [1.29, 1.82) is 0 Å². The lowest BCUT2D eigenvalue weighted by Gasteiger charge is -2.08. The molecule has 0 aliphatic heterocycles. The van der Waals surface area contributed by atoms with Gasteiger partial charge in [-0.2, -0.15) is 0 Å². The molecular formula is C12H20N4OS. The van der Waals surface area contributed by atoms with Gasteiger partial charge >= 0.3 is 0 Å². The third kappa shape index (κ3) is 5.88. The largest absolute Gasteiger partial charge is 0.388 e. The van der Waals surface area contributed by atoms with E-state index >= 15 is 0 Å². The second-order valence-electron chi connectivity index (χ2n) is 4.20. The van der Waals surface area contributed by atoms with Crippen molar-refractivity contribution in [3.05, 3.63) is 18.1 Å². The first-order chi connectivity index (χ1) is 8.59. The first kappa shape index (κ1) is 14.8. The summed E-state index contributed by atoms with van der Waals surface area (Å²) in [6.07, 6.45) is 5.58. The number of hydrogen-bond donors (Lipinski definition) is 2. The van der Waals surface area contributed by atoms with Crippen LogP contribution >= 0.6 is 12.2 Å². The van der Waals surface area contributed by atoms with Gasteiger partial charge in [-0.3, -0.25) is 0 Å². The second kappa shape index (κ2) is 7.94. The lowest BCUT2D eigenvalue weighted by atomic mass is 10.3. The Morgan fingerprint density at radius 3 is 2.72 bits per heavy atom. The Morgan fingerprint density at radius 1 is 1.39 bits per heavy atom. The van der Waals surface area contributed by atoms with Gasteiger partial charge in [0.15, 0.2) is 0 Å². The fourth-order valence-corrected chi connectivity index (χ4v) is 1.41. The average molecular weight is 268 g/mol. The molecule has 1 aromatic heterocycles. The van der Waals surface area contributed by atoms with Gasteiger partial charge < -0.3 is 15.8 Å². The van der Waals surface area contributed by atoms with Crippen molar-refractivity contribution in [2.45, 2.75) is 32.8 Å². The average Bonchev–Trinajstić information content (AvgIpc) is 2.34. The molecule has 1 aromatic rings. The second-order valence-corrected chi connectivity index (χ2v) is 4.64. The summed E-state index contributed by atoms with van der Waals surface area (Å²) in [4.78, 5) is 8.54. The lowest BCUT2D eigenvalue weighted by molar-refractivity contribution is 0.0765. The Morgan fingerprint density at radius 2 is 2.17 bits per heavy atom. The van der Waals surface area contributed by atoms with E-state index in [4.69, 9.17) is 22.7 Å². The molecule has 0 aliphatic rings. The van der Waals surface area contributed by atoms with Gasteiger partial charge in [0, 0.05) is 13.2 Å². The van der Waals surface area contributed by atoms with E-state index in [1.165, 1.54) is 0 Å². The van der Waals surface area contributed by atoms with Crippen molar-refractivity contribution in [1.82, 2.24) is 9.97 Å². The molecular weight excluding hydrogens is 248 g/mol. The van der Waals surface area contributed by atoms with Crippen LogP contribution in [0, 0.1) is 0 Å². The molecule has 18 heavy (non-hydrogen) atoms. The number of nitrogens with one attached hydrogen (secondary N) is 1. The van der Waals surface area contributed by atoms with Gasteiger partial charge in [0.05, 0.1) is 18.5 Å². The fourth-order valence-electron chi connectivity index (χ4n) is 1.31. The van der Waals surface area contributed by atoms with Crippen LogP contribution in [0.15, 0.2) is 12.4 Å². The van der Waals surface area contributed by atoms with Crippen molar-refractivity contribution in [2.75, 3.05) is 18.5 Å². The summed E-state index contributed by atoms with van der Waals surface area (Å²) in [5.41, 5.74) is 5.98. The number of nitrogens with zero attached hydrogens (tertiary/aromatic N) is 2. The molecule has 6 heteroatoms. The highest BCUT2D eigenvalue weighted by Crippen LogP contribution is 2.02. The highest BCUT2D eigenvalue weighted by atomic mass is 32.1. The van der Waals surface area contributed by atoms with E-state index < -0.39 is 0 Å². The monoisotopic (exact) mass is 268 g/mol. The van der Waals surface area contributed by atoms with Crippen molar-refractivity contribution < 1.29 is 4.74 Å². The van der Waals surface area contributed by atoms with Crippen molar-refractivity contribution >= 4 is 23.0 Å². The molecule has 3 N–H and O–H groups in total. The van der Waals surface area contributed by atoms with E-state index in [0.29, 0.717) is 11.8 Å². The standard InChI is InChI=1S/C12H20N4OS/c1-9(2)17-6-4-3-5-14-11-8-15-10(7-16-11)12(13)18/h7-9H,3-6H2,1-2H3,(H2,13,18)(H,14,16). The summed E-state index contributed by atoms with van der Waals surface area (Å²) < 4.78 is 5.45. The van der Waals surface area contributed by atoms with Crippen molar-refractivity contribution in [2.24, 2.45) is 5.73 Å². The Bertz CT molecular complexity index is 367. The maximum Gasteiger partial charge on any atom is 0.144 e. The van der Waals surface area contributed by atoms with E-state index in [9.17, 15) is 0 Å². The van der Waals surface area contributed by atoms with Crippen molar-refractivity contribution in [3.63, 3.8) is 0 Å². The van der Waals surface area contributed by atoms with E-state index in [0.717, 1.165) is 31.8 Å². The normalized spacial score (nSPS) is 10.6. The van der Waals surface area contributed by atoms with Crippen LogP contribution in [-0.4, -0.2) is 34.2 Å². The highest BCUT2D eigenvalue weighted by Gasteiger charge is 1.99. The SMILES string of the molecule is CC(C)OCCCCNc1cnc(C(N)=S)cn1. The molecule has 100 valence electrons. The zero-order chi connectivity index (χ0) is 13.4. The minimum atomic E-state index is 0.264. The maximum atomic E-state index is 5.45. The molecule has 0 bridgehead atoms. The molecule has 0 spiro atoms. The minimum Gasteiger partial charge on any atom is -0.388 e. The first-order valence-electron chi connectivity index (χ1n) is 6.07. The molecule has 0 aliphatic carbocycles. The number of thiocarbonyl (C=S) groups is 1. The van der Waals surface area contributed by atoms with E-state index in [2.05, 4.69) is 15.3 Å². The Kier molecular flexibility index (Phi) is 6.53. The number of aromatic nitrogens is 2. The van der Waals surface area contributed by atoms with Gasteiger partial charge in [-0.15, -0.1) is 0 Å². The van der Waals surface area contributed by atoms with Crippen LogP contribution in [0.25, 0.3) is 0 Å². The minimum absolute atomic E-state index is 0.264. The summed E-state index contributed by atoms with van der Waals surface area (Å²) in [5.74, 6) is 0.736. The van der Waals surface area contributed by atoms with Gasteiger partial charge in [-0.1, -0.05) is 12.2 Å². The zero-order valence-electron chi connectivity index (χ0n) is 10.8. The number of anilines is 1. The number of ether oxygens (including phenoxy) is 1. The Hall–Kier alpha value is -1.27. The van der Waals surface area contributed by atoms with Crippen LogP contribution in [0.2, 0.25) is 0 Å². The number of hydrogen-bond acceptors (Lipinski definition) is 5. The van der Waals surface area contributed by atoms with Crippen LogP contribution in [0.3, 0.4) is 0 Å². The van der Waals surface area contributed by atoms with Gasteiger partial charge in [0.2, 0.25) is 0 Å². The molecule has 0 unspecified atom stereocenters. The third-order valence-corrected chi connectivity index (χ3v) is 2.44. The van der Waals surface area contributed by atoms with E-state index in [1.54, 1.807) is 12.4 Å². The Labute approximate surface area is 113 Å². The van der Waals surface area contributed by atoms with Crippen molar-refractivity contribution in [3.8, 4) is 0 Å². The molecule has 0 saturated heterocycles. The molecule has 0 amide bonds. The lowest BCUT2D eigenvalue weighted by Crippen LogP contribution is -2.13. The molecule has 0 radical (unpaired) electrons. The van der Waals surface area contributed by atoms with Crippen LogP contribution < -0.4 is 11.1 Å². The van der Waals surface area contributed by atoms with Crippen LogP contribution in [-0.2, 0) is 4.74 Å². The quantitative estimate of drug-likeness (QED) is 0.552. The smallest absolute Gasteiger partial charge is 0.144 e. The maximum absolute atomic E-state index is 5.45. The number of unbranched alkanes of at least 4 members (excludes halogenated alkanes) is 1. The molecule has 0 fully saturated rings. The number of nitrogens with two attached hydrogens (primary N) is 1. The predicted molar refractivity (Wildman–Crippen MR) is 76.7 cm³/mol. The van der Waals surface area contributed by atoms with Crippen LogP contribution in [0.1, 0.15) is 32.4 Å². The molecule has 1 rings (SSSR count). The molecule has 5 nitrogen and oxygen atoms in total. The summed E-state index contributed by atoms with van der Waals surface area (Å²) in [7, 11) is 0. The molecule has 1 heterocycles. The van der Waals surface area contributed by atoms with E-state index in [1.807, 2.05) is 13.8 Å². The fraction of sp³-hybridized carbons (Fsp3) is 0.583. The third-order valence-electron chi connectivity index (χ3n) is 2.23. The van der Waals surface area contributed by atoms with Crippen LogP contribution in [0.5, 0.6) is 0 Å². The molecule has 0 aromatic carbocycles. The van der Waals surface area contributed by atoms with Gasteiger partial charge in [-0.25, -0.2) is 9.97 Å². The summed E-state index contributed by atoms with van der Waals surface area (Å²) in [5, 5.41) is 3.19. The zero-order valence-corrected chi connectivity index (χ0v) is 11.7. The first-order valence-corrected chi connectivity index (χ1v) is 6.47. The summed E-state index contributed by atoms with van der Waals surface area (Å²) in [6.45, 7) is 5.72. The highest BCUT2D eigenvalue weighted by molar-refractivity contribution is 7.80. The topological polar surface area (TPSA) is 73.1 Å². The van der Waals surface area contributed by atoms with Crippen LogP contribution in [0.4, 0.5) is 5.82 Å². The van der Waals surface area contributed by atoms with Gasteiger partial charge in [0.1, 0.15) is 16.5 Å². The summed E-state index contributed by atoms with van der Waals surface area (Å²) in [6, 6.07) is 0. The predicted octanol–water partition coefficient (Wildman–Crippen LogP) is 1.73. The van der Waals surface area contributed by atoms with E-state index in [-0.39, 0.29) is 4.99 Å². The van der Waals surface area contributed by atoms with Gasteiger partial charge in [-0.05, 0) is 26.7 Å². The Balaban J connectivity index is 2.17.